The van der Waals surface area contributed by atoms with E-state index in [1.807, 2.05) is 0 Å². The summed E-state index contributed by atoms with van der Waals surface area (Å²) in [6.07, 6.45) is 1.94. The molecule has 2 aromatic carbocycles. The minimum atomic E-state index is -4.18. The number of pyridine rings is 1. The predicted octanol–water partition coefficient (Wildman–Crippen LogP) is 3.74. The van der Waals surface area contributed by atoms with Gasteiger partial charge in [0, 0.05) is 11.6 Å². The van der Waals surface area contributed by atoms with Crippen LogP contribution in [-0.4, -0.2) is 30.3 Å². The molecule has 0 fully saturated rings. The Kier molecular flexibility index (Phi) is 6.24. The Hall–Kier alpha value is -3.93. The molecule has 0 aliphatic heterocycles. The summed E-state index contributed by atoms with van der Waals surface area (Å²) in [4.78, 5) is 3.68. The van der Waals surface area contributed by atoms with Crippen molar-refractivity contribution in [3.05, 3.63) is 101 Å². The Morgan fingerprint density at radius 2 is 1.76 bits per heavy atom. The smallest absolute Gasteiger partial charge is 0.323 e. The third kappa shape index (κ3) is 4.57. The van der Waals surface area contributed by atoms with E-state index in [0.717, 1.165) is 35.4 Å². The number of nitrogens with zero attached hydrogens (tertiary/aromatic N) is 5. The lowest BCUT2D eigenvalue weighted by atomic mass is 9.84. The van der Waals surface area contributed by atoms with Gasteiger partial charge in [-0.1, -0.05) is 12.1 Å². The van der Waals surface area contributed by atoms with E-state index < -0.39 is 46.8 Å². The standard InChI is InChI=1S/C22H16F5N5O2/c23-15-3-1-2-14(8-15)11-34-17-5-7-20(28-10-17)22(26,27)21(33,12-32-13-29-30-31-32)18-6-4-16(24)9-19(18)25/h1-10,13,33H,11-12H2. The highest BCUT2D eigenvalue weighted by Crippen LogP contribution is 2.46. The molecule has 0 radical (unpaired) electrons. The van der Waals surface area contributed by atoms with Gasteiger partial charge in [-0.05, 0) is 52.4 Å². The lowest BCUT2D eigenvalue weighted by Crippen LogP contribution is -2.48. The summed E-state index contributed by atoms with van der Waals surface area (Å²) in [6, 6.07) is 9.56. The molecule has 12 heteroatoms. The summed E-state index contributed by atoms with van der Waals surface area (Å²) in [5, 5.41) is 21.2. The van der Waals surface area contributed by atoms with Crippen LogP contribution in [0.1, 0.15) is 16.8 Å². The Morgan fingerprint density at radius 3 is 2.41 bits per heavy atom. The van der Waals surface area contributed by atoms with Gasteiger partial charge in [0.2, 0.25) is 0 Å². The molecule has 4 rings (SSSR count). The van der Waals surface area contributed by atoms with Crippen molar-refractivity contribution in [2.75, 3.05) is 0 Å². The van der Waals surface area contributed by atoms with Crippen LogP contribution in [-0.2, 0) is 24.7 Å². The zero-order valence-corrected chi connectivity index (χ0v) is 17.2. The Balaban J connectivity index is 1.64. The molecule has 7 nitrogen and oxygen atoms in total. The zero-order valence-electron chi connectivity index (χ0n) is 17.2. The summed E-state index contributed by atoms with van der Waals surface area (Å²) in [5.74, 6) is -6.93. The van der Waals surface area contributed by atoms with E-state index in [1.54, 1.807) is 6.07 Å². The van der Waals surface area contributed by atoms with Crippen molar-refractivity contribution in [1.82, 2.24) is 25.2 Å². The highest BCUT2D eigenvalue weighted by molar-refractivity contribution is 5.32. The van der Waals surface area contributed by atoms with Crippen molar-refractivity contribution in [2.45, 2.75) is 24.7 Å². The maximum atomic E-state index is 15.7. The van der Waals surface area contributed by atoms with Gasteiger partial charge in [-0.3, -0.25) is 4.98 Å². The molecule has 2 aromatic heterocycles. The van der Waals surface area contributed by atoms with E-state index in [-0.39, 0.29) is 12.4 Å². The normalized spacial score (nSPS) is 13.5. The average molecular weight is 477 g/mol. The maximum Gasteiger partial charge on any atom is 0.323 e. The summed E-state index contributed by atoms with van der Waals surface area (Å²) >= 11 is 0. The summed E-state index contributed by atoms with van der Waals surface area (Å²) in [7, 11) is 0. The molecule has 1 unspecified atom stereocenters. The lowest BCUT2D eigenvalue weighted by molar-refractivity contribution is -0.207. The van der Waals surface area contributed by atoms with Crippen LogP contribution in [0.4, 0.5) is 22.0 Å². The molecule has 0 spiro atoms. The maximum absolute atomic E-state index is 15.7. The summed E-state index contributed by atoms with van der Waals surface area (Å²) < 4.78 is 78.7. The number of benzene rings is 2. The molecule has 0 saturated heterocycles. The number of alkyl halides is 2. The zero-order chi connectivity index (χ0) is 24.3. The lowest BCUT2D eigenvalue weighted by Gasteiger charge is -2.35. The molecule has 1 N–H and O–H groups in total. The molecular weight excluding hydrogens is 461 g/mol. The average Bonchev–Trinajstić information content (AvgIpc) is 3.30. The molecule has 0 bridgehead atoms. The van der Waals surface area contributed by atoms with E-state index in [4.69, 9.17) is 4.74 Å². The van der Waals surface area contributed by atoms with Gasteiger partial charge in [-0.25, -0.2) is 17.9 Å². The van der Waals surface area contributed by atoms with E-state index in [1.165, 1.54) is 24.3 Å². The van der Waals surface area contributed by atoms with Gasteiger partial charge in [-0.15, -0.1) is 5.10 Å². The number of halogens is 5. The van der Waals surface area contributed by atoms with E-state index in [9.17, 15) is 18.3 Å². The first kappa shape index (κ1) is 23.2. The van der Waals surface area contributed by atoms with E-state index >= 15 is 8.78 Å². The molecular formula is C22H16F5N5O2. The predicted molar refractivity (Wildman–Crippen MR) is 107 cm³/mol. The highest BCUT2D eigenvalue weighted by atomic mass is 19.3. The second-order valence-electron chi connectivity index (χ2n) is 7.36. The van der Waals surface area contributed by atoms with Gasteiger partial charge in [0.15, 0.2) is 5.60 Å². The molecule has 0 aliphatic rings. The number of rotatable bonds is 8. The fourth-order valence-electron chi connectivity index (χ4n) is 3.32. The summed E-state index contributed by atoms with van der Waals surface area (Å²) in [5.41, 5.74) is -4.51. The van der Waals surface area contributed by atoms with Crippen molar-refractivity contribution >= 4 is 0 Å². The monoisotopic (exact) mass is 477 g/mol. The van der Waals surface area contributed by atoms with Gasteiger partial charge < -0.3 is 9.84 Å². The first-order valence-corrected chi connectivity index (χ1v) is 9.79. The number of aliphatic hydroxyl groups is 1. The van der Waals surface area contributed by atoms with Crippen molar-refractivity contribution in [1.29, 1.82) is 0 Å². The minimum Gasteiger partial charge on any atom is -0.487 e. The van der Waals surface area contributed by atoms with E-state index in [2.05, 4.69) is 20.5 Å². The second kappa shape index (κ2) is 9.14. The van der Waals surface area contributed by atoms with Gasteiger partial charge in [0.1, 0.15) is 41.8 Å². The first-order chi connectivity index (χ1) is 16.2. The molecule has 34 heavy (non-hydrogen) atoms. The van der Waals surface area contributed by atoms with Gasteiger partial charge in [0.05, 0.1) is 12.7 Å². The molecule has 4 aromatic rings. The SMILES string of the molecule is OC(Cn1cnnn1)(c1ccc(F)cc1F)C(F)(F)c1ccc(OCc2cccc(F)c2)cn1. The van der Waals surface area contributed by atoms with Crippen molar-refractivity contribution in [3.8, 4) is 5.75 Å². The molecule has 1 atom stereocenters. The van der Waals surface area contributed by atoms with Gasteiger partial charge in [-0.2, -0.15) is 8.78 Å². The van der Waals surface area contributed by atoms with Crippen LogP contribution in [0.15, 0.2) is 67.1 Å². The molecule has 0 aliphatic carbocycles. The molecule has 0 amide bonds. The molecule has 0 saturated carbocycles. The van der Waals surface area contributed by atoms with Crippen LogP contribution in [0.25, 0.3) is 0 Å². The van der Waals surface area contributed by atoms with Crippen molar-refractivity contribution in [2.24, 2.45) is 0 Å². The van der Waals surface area contributed by atoms with Crippen LogP contribution in [0.3, 0.4) is 0 Å². The first-order valence-electron chi connectivity index (χ1n) is 9.79. The molecule has 176 valence electrons. The van der Waals surface area contributed by atoms with Crippen LogP contribution in [0, 0.1) is 17.5 Å². The number of hydrogen-bond donors (Lipinski definition) is 1. The largest absolute Gasteiger partial charge is 0.487 e. The Bertz CT molecular complexity index is 1270. The Labute approximate surface area is 189 Å². The Morgan fingerprint density at radius 1 is 0.971 bits per heavy atom. The van der Waals surface area contributed by atoms with Crippen molar-refractivity contribution < 1.29 is 31.8 Å². The van der Waals surface area contributed by atoms with Crippen LogP contribution < -0.4 is 4.74 Å². The van der Waals surface area contributed by atoms with Crippen LogP contribution in [0.5, 0.6) is 5.75 Å². The number of ether oxygens (including phenoxy) is 1. The highest BCUT2D eigenvalue weighted by Gasteiger charge is 2.58. The van der Waals surface area contributed by atoms with Crippen molar-refractivity contribution in [3.63, 3.8) is 0 Å². The minimum absolute atomic E-state index is 0.0425. The third-order valence-electron chi connectivity index (χ3n) is 5.03. The van der Waals surface area contributed by atoms with Crippen LogP contribution in [0.2, 0.25) is 0 Å². The summed E-state index contributed by atoms with van der Waals surface area (Å²) in [6.45, 7) is -1.01. The van der Waals surface area contributed by atoms with E-state index in [0.29, 0.717) is 11.6 Å². The quantitative estimate of drug-likeness (QED) is 0.389. The van der Waals surface area contributed by atoms with Gasteiger partial charge >= 0.3 is 5.92 Å². The fraction of sp³-hybridized carbons (Fsp3) is 0.182. The third-order valence-corrected chi connectivity index (χ3v) is 5.03. The number of aromatic nitrogens is 5. The number of tetrazole rings is 1. The van der Waals surface area contributed by atoms with Crippen LogP contribution >= 0.6 is 0 Å². The molecule has 2 heterocycles. The second-order valence-corrected chi connectivity index (χ2v) is 7.36. The topological polar surface area (TPSA) is 86.0 Å². The fourth-order valence-corrected chi connectivity index (χ4v) is 3.32. The van der Waals surface area contributed by atoms with Gasteiger partial charge in [0.25, 0.3) is 0 Å². The number of hydrogen-bond acceptors (Lipinski definition) is 6.